The molecule has 0 bridgehead atoms. The maximum absolute atomic E-state index is 14.5. The lowest BCUT2D eigenvalue weighted by atomic mass is 9.97. The van der Waals surface area contributed by atoms with Gasteiger partial charge in [0.25, 0.3) is 5.91 Å². The van der Waals surface area contributed by atoms with Crippen molar-refractivity contribution in [1.82, 2.24) is 4.90 Å². The molecule has 34 heavy (non-hydrogen) atoms. The fourth-order valence-corrected chi connectivity index (χ4v) is 3.59. The Balaban J connectivity index is 1.90. The summed E-state index contributed by atoms with van der Waals surface area (Å²) in [5.74, 6) is -4.64. The van der Waals surface area contributed by atoms with E-state index in [0.717, 1.165) is 17.0 Å². The average Bonchev–Trinajstić information content (AvgIpc) is 2.80. The molecule has 1 amide bonds. The van der Waals surface area contributed by atoms with Crippen molar-refractivity contribution >= 4 is 23.5 Å². The number of carbonyl (C=O) groups excluding carboxylic acids is 2. The van der Waals surface area contributed by atoms with Gasteiger partial charge in [0.15, 0.2) is 11.6 Å². The predicted octanol–water partition coefficient (Wildman–Crippen LogP) is 4.47. The number of nitrogens with two attached hydrogens (primary N) is 1. The number of benzene rings is 2. The predicted molar refractivity (Wildman–Crippen MR) is 111 cm³/mol. The van der Waals surface area contributed by atoms with Crippen LogP contribution in [0.4, 0.5) is 22.0 Å². The molecule has 2 aromatic carbocycles. The maximum atomic E-state index is 14.5. The zero-order valence-corrected chi connectivity index (χ0v) is 18.1. The van der Waals surface area contributed by atoms with Gasteiger partial charge in [-0.25, -0.2) is 13.6 Å². The number of amides is 1. The number of rotatable bonds is 6. The average molecular weight is 505 g/mol. The van der Waals surface area contributed by atoms with Gasteiger partial charge < -0.3 is 15.2 Å². The molecule has 0 spiro atoms. The highest BCUT2D eigenvalue weighted by Crippen LogP contribution is 2.37. The van der Waals surface area contributed by atoms with Gasteiger partial charge in [-0.2, -0.15) is 13.2 Å². The number of fused-ring (bicyclic) bond motifs is 1. The van der Waals surface area contributed by atoms with Gasteiger partial charge in [0.2, 0.25) is 6.23 Å². The lowest BCUT2D eigenvalue weighted by Crippen LogP contribution is -2.43. The van der Waals surface area contributed by atoms with Crippen LogP contribution < -0.4 is 10.5 Å². The van der Waals surface area contributed by atoms with Gasteiger partial charge in [-0.1, -0.05) is 23.7 Å². The van der Waals surface area contributed by atoms with E-state index in [1.807, 2.05) is 0 Å². The zero-order valence-electron chi connectivity index (χ0n) is 17.4. The molecule has 2 aromatic rings. The van der Waals surface area contributed by atoms with Gasteiger partial charge in [0.05, 0.1) is 6.33 Å². The number of esters is 1. The Bertz CT molecular complexity index is 1120. The monoisotopic (exact) mass is 504 g/mol. The van der Waals surface area contributed by atoms with E-state index >= 15 is 0 Å². The van der Waals surface area contributed by atoms with Crippen molar-refractivity contribution in [1.29, 1.82) is 0 Å². The van der Waals surface area contributed by atoms with Crippen molar-refractivity contribution in [2.45, 2.75) is 18.8 Å². The van der Waals surface area contributed by atoms with E-state index in [0.29, 0.717) is 5.56 Å². The molecule has 6 nitrogen and oxygen atoms in total. The minimum Gasteiger partial charge on any atom is -0.486 e. The van der Waals surface area contributed by atoms with E-state index < -0.39 is 30.1 Å². The van der Waals surface area contributed by atoms with Gasteiger partial charge in [-0.3, -0.25) is 9.69 Å². The van der Waals surface area contributed by atoms with E-state index in [1.54, 1.807) is 0 Å². The molecule has 0 saturated carbocycles. The van der Waals surface area contributed by atoms with Crippen LogP contribution in [0.2, 0.25) is 5.02 Å². The van der Waals surface area contributed by atoms with Gasteiger partial charge in [0.1, 0.15) is 6.61 Å². The van der Waals surface area contributed by atoms with E-state index in [4.69, 9.17) is 22.1 Å². The largest absolute Gasteiger partial charge is 0.491 e. The van der Waals surface area contributed by atoms with Crippen LogP contribution in [0.25, 0.3) is 0 Å². The van der Waals surface area contributed by atoms with E-state index in [9.17, 15) is 31.5 Å². The van der Waals surface area contributed by atoms with Crippen LogP contribution in [0.15, 0.2) is 48.3 Å². The van der Waals surface area contributed by atoms with Gasteiger partial charge in [0, 0.05) is 34.8 Å². The Morgan fingerprint density at radius 3 is 2.59 bits per heavy atom. The summed E-state index contributed by atoms with van der Waals surface area (Å²) in [5.41, 5.74) is 5.68. The Labute approximate surface area is 195 Å². The summed E-state index contributed by atoms with van der Waals surface area (Å²) in [5, 5.41) is 0.240. The Morgan fingerprint density at radius 1 is 1.24 bits per heavy atom. The second-order valence-corrected chi connectivity index (χ2v) is 7.62. The fourth-order valence-electron chi connectivity index (χ4n) is 3.31. The van der Waals surface area contributed by atoms with Crippen molar-refractivity contribution in [3.05, 3.63) is 75.8 Å². The molecule has 1 atom stereocenters. The van der Waals surface area contributed by atoms with Gasteiger partial charge >= 0.3 is 12.1 Å². The summed E-state index contributed by atoms with van der Waals surface area (Å²) in [6, 6.07) is 7.45. The highest BCUT2D eigenvalue weighted by atomic mass is 35.5. The number of halogens is 6. The van der Waals surface area contributed by atoms with Crippen LogP contribution in [-0.4, -0.2) is 42.6 Å². The van der Waals surface area contributed by atoms with Crippen molar-refractivity contribution in [2.24, 2.45) is 5.73 Å². The first kappa shape index (κ1) is 25.4. The minimum absolute atomic E-state index is 0.0690. The lowest BCUT2D eigenvalue weighted by molar-refractivity contribution is -0.212. The fraction of sp³-hybridized carbons (Fsp3) is 0.273. The highest BCUT2D eigenvalue weighted by Gasteiger charge is 2.45. The summed E-state index contributed by atoms with van der Waals surface area (Å²) >= 11 is 6.12. The van der Waals surface area contributed by atoms with Crippen LogP contribution in [-0.2, 0) is 16.0 Å². The number of alkyl halides is 3. The number of hydrogen-bond acceptors (Lipinski definition) is 5. The molecule has 0 saturated heterocycles. The van der Waals surface area contributed by atoms with Crippen molar-refractivity contribution in [2.75, 3.05) is 19.7 Å². The van der Waals surface area contributed by atoms with Gasteiger partial charge in [-0.05, 0) is 36.2 Å². The number of carbonyl (C=O) groups is 2. The molecule has 3 rings (SSSR count). The molecule has 182 valence electrons. The summed E-state index contributed by atoms with van der Waals surface area (Å²) in [6.45, 7) is -0.615. The quantitative estimate of drug-likeness (QED) is 0.463. The molecule has 0 aromatic heterocycles. The SMILES string of the molecule is NC/C(=C\F)COc1ccc(C(=O)N2CCc3c(Cl)cccc3C2OC(=O)C(F)(F)F)cc1F. The molecule has 1 aliphatic heterocycles. The van der Waals surface area contributed by atoms with E-state index in [-0.39, 0.29) is 59.9 Å². The second kappa shape index (κ2) is 10.4. The third kappa shape index (κ3) is 5.48. The molecule has 1 aliphatic rings. The summed E-state index contributed by atoms with van der Waals surface area (Å²) in [7, 11) is 0. The maximum Gasteiger partial charge on any atom is 0.491 e. The minimum atomic E-state index is -5.30. The third-order valence-corrected chi connectivity index (χ3v) is 5.38. The first-order valence-electron chi connectivity index (χ1n) is 9.83. The molecular formula is C22H18ClF5N2O4. The first-order chi connectivity index (χ1) is 16.1. The molecular weight excluding hydrogens is 487 g/mol. The molecule has 0 radical (unpaired) electrons. The molecule has 1 unspecified atom stereocenters. The van der Waals surface area contributed by atoms with E-state index in [1.165, 1.54) is 24.3 Å². The molecule has 0 aliphatic carbocycles. The first-order valence-corrected chi connectivity index (χ1v) is 10.2. The number of nitrogens with zero attached hydrogens (tertiary/aromatic N) is 1. The van der Waals surface area contributed by atoms with Gasteiger partial charge in [-0.15, -0.1) is 0 Å². The van der Waals surface area contributed by atoms with Crippen LogP contribution in [0.3, 0.4) is 0 Å². The van der Waals surface area contributed by atoms with Crippen molar-refractivity contribution in [3.63, 3.8) is 0 Å². The Kier molecular flexibility index (Phi) is 7.78. The third-order valence-electron chi connectivity index (χ3n) is 5.03. The molecule has 2 N–H and O–H groups in total. The van der Waals surface area contributed by atoms with Crippen LogP contribution in [0.5, 0.6) is 5.75 Å². The summed E-state index contributed by atoms with van der Waals surface area (Å²) < 4.78 is 75.5. The Morgan fingerprint density at radius 2 is 1.97 bits per heavy atom. The molecule has 1 heterocycles. The zero-order chi connectivity index (χ0) is 25.0. The number of ether oxygens (including phenoxy) is 2. The number of hydrogen-bond donors (Lipinski definition) is 1. The summed E-state index contributed by atoms with van der Waals surface area (Å²) in [6.07, 6.45) is -6.63. The smallest absolute Gasteiger partial charge is 0.486 e. The van der Waals surface area contributed by atoms with Crippen molar-refractivity contribution in [3.8, 4) is 5.75 Å². The van der Waals surface area contributed by atoms with Crippen LogP contribution >= 0.6 is 11.6 Å². The highest BCUT2D eigenvalue weighted by molar-refractivity contribution is 6.31. The van der Waals surface area contributed by atoms with Crippen LogP contribution in [0, 0.1) is 5.82 Å². The van der Waals surface area contributed by atoms with E-state index in [2.05, 4.69) is 4.74 Å². The Hall–Kier alpha value is -3.18. The molecule has 12 heteroatoms. The second-order valence-electron chi connectivity index (χ2n) is 7.22. The summed E-state index contributed by atoms with van der Waals surface area (Å²) in [4.78, 5) is 25.6. The van der Waals surface area contributed by atoms with Crippen molar-refractivity contribution < 1.29 is 41.0 Å². The standard InChI is InChI=1S/C22H18ClF5N2O4/c23-16-3-1-2-15-14(16)6-7-30(20(15)34-21(32)22(26,27)28)19(31)13-4-5-18(17(25)8-13)33-11-12(9-24)10-29/h1-5,8-9,20H,6-7,10-11,29H2/b12-9+. The lowest BCUT2D eigenvalue weighted by Gasteiger charge is -2.37. The molecule has 0 fully saturated rings. The normalized spacial score (nSPS) is 16.1. The van der Waals surface area contributed by atoms with Crippen LogP contribution in [0.1, 0.15) is 27.7 Å². The topological polar surface area (TPSA) is 81.9 Å².